The van der Waals surface area contributed by atoms with Crippen LogP contribution in [-0.2, 0) is 9.53 Å². The summed E-state index contributed by atoms with van der Waals surface area (Å²) in [5.74, 6) is 0.339. The fourth-order valence-electron chi connectivity index (χ4n) is 4.09. The molecule has 2 aromatic rings. The first-order valence-corrected chi connectivity index (χ1v) is 10.3. The minimum absolute atomic E-state index is 0.0103. The Balaban J connectivity index is 1.54. The zero-order valence-electron chi connectivity index (χ0n) is 17.2. The molecule has 2 fully saturated rings. The lowest BCUT2D eigenvalue weighted by molar-refractivity contribution is -0.128. The van der Waals surface area contributed by atoms with Gasteiger partial charge in [-0.05, 0) is 50.8 Å². The lowest BCUT2D eigenvalue weighted by Gasteiger charge is -2.24. The number of carbonyl (C=O) groups excluding carboxylic acids is 2. The zero-order valence-corrected chi connectivity index (χ0v) is 17.2. The molecule has 0 radical (unpaired) electrons. The monoisotopic (exact) mass is 415 g/mol. The van der Waals surface area contributed by atoms with E-state index >= 15 is 0 Å². The highest BCUT2D eigenvalue weighted by Gasteiger charge is 2.40. The number of aryl methyl sites for hydroxylation is 2. The molecular weight excluding hydrogens is 389 g/mol. The molecule has 1 aromatic carbocycles. The van der Waals surface area contributed by atoms with Gasteiger partial charge in [0.25, 0.3) is 5.91 Å². The summed E-state index contributed by atoms with van der Waals surface area (Å²) in [6.45, 7) is 4.94. The number of rotatable bonds is 4. The molecule has 9 heteroatoms. The van der Waals surface area contributed by atoms with Gasteiger partial charge in [0.2, 0.25) is 5.91 Å². The van der Waals surface area contributed by atoms with Crippen LogP contribution in [0.25, 0.3) is 0 Å². The number of carbonyl (C=O) groups is 2. The molecule has 0 aliphatic carbocycles. The van der Waals surface area contributed by atoms with Crippen molar-refractivity contribution in [2.24, 2.45) is 5.92 Å². The molecule has 2 aliphatic heterocycles. The number of aromatic nitrogens is 3. The minimum Gasteiger partial charge on any atom is -0.381 e. The van der Waals surface area contributed by atoms with Crippen LogP contribution in [-0.4, -0.2) is 57.7 Å². The van der Waals surface area contributed by atoms with E-state index in [0.29, 0.717) is 56.2 Å². The Morgan fingerprint density at radius 1 is 1.27 bits per heavy atom. The third-order valence-electron chi connectivity index (χ3n) is 5.83. The highest BCUT2D eigenvalue weighted by Crippen LogP contribution is 2.32. The van der Waals surface area contributed by atoms with Gasteiger partial charge in [0.15, 0.2) is 5.82 Å². The maximum absolute atomic E-state index is 14.0. The molecule has 2 N–H and O–H groups in total. The Kier molecular flexibility index (Phi) is 5.80. The fraction of sp³-hybridized carbons (Fsp3) is 0.524. The summed E-state index contributed by atoms with van der Waals surface area (Å²) in [6.07, 6.45) is 1.91. The van der Waals surface area contributed by atoms with Gasteiger partial charge in [0, 0.05) is 37.3 Å². The van der Waals surface area contributed by atoms with Gasteiger partial charge in [-0.15, -0.1) is 0 Å². The zero-order chi connectivity index (χ0) is 21.3. The Morgan fingerprint density at radius 3 is 2.70 bits per heavy atom. The maximum atomic E-state index is 14.0. The highest BCUT2D eigenvalue weighted by atomic mass is 19.1. The maximum Gasteiger partial charge on any atom is 0.254 e. The molecule has 2 saturated heterocycles. The van der Waals surface area contributed by atoms with Gasteiger partial charge in [0.05, 0.1) is 6.04 Å². The van der Waals surface area contributed by atoms with Crippen LogP contribution in [0.4, 0.5) is 4.39 Å². The van der Waals surface area contributed by atoms with E-state index in [0.717, 1.165) is 0 Å². The predicted octanol–water partition coefficient (Wildman–Crippen LogP) is 2.06. The van der Waals surface area contributed by atoms with Gasteiger partial charge in [-0.1, -0.05) is 6.07 Å². The lowest BCUT2D eigenvalue weighted by atomic mass is 9.99. The second-order valence-corrected chi connectivity index (χ2v) is 8.04. The smallest absolute Gasteiger partial charge is 0.254 e. The molecule has 4 rings (SSSR count). The van der Waals surface area contributed by atoms with Gasteiger partial charge in [-0.3, -0.25) is 14.7 Å². The van der Waals surface area contributed by atoms with E-state index in [-0.39, 0.29) is 29.3 Å². The molecule has 30 heavy (non-hydrogen) atoms. The number of amides is 2. The summed E-state index contributed by atoms with van der Waals surface area (Å²) >= 11 is 0. The van der Waals surface area contributed by atoms with Crippen LogP contribution in [0.15, 0.2) is 18.2 Å². The van der Waals surface area contributed by atoms with E-state index in [2.05, 4.69) is 20.5 Å². The number of aromatic amines is 1. The first-order chi connectivity index (χ1) is 14.4. The first-order valence-electron chi connectivity index (χ1n) is 10.3. The van der Waals surface area contributed by atoms with Crippen molar-refractivity contribution >= 4 is 11.8 Å². The van der Waals surface area contributed by atoms with Crippen molar-refractivity contribution in [3.8, 4) is 0 Å². The van der Waals surface area contributed by atoms with E-state index in [1.54, 1.807) is 30.9 Å². The molecule has 160 valence electrons. The number of hydrogen-bond donors (Lipinski definition) is 2. The second-order valence-electron chi connectivity index (χ2n) is 8.04. The van der Waals surface area contributed by atoms with Crippen LogP contribution in [0.3, 0.4) is 0 Å². The van der Waals surface area contributed by atoms with E-state index in [1.807, 2.05) is 0 Å². The average Bonchev–Trinajstić information content (AvgIpc) is 3.36. The van der Waals surface area contributed by atoms with Crippen LogP contribution in [0.1, 0.15) is 52.9 Å². The van der Waals surface area contributed by atoms with E-state index in [4.69, 9.17) is 4.74 Å². The molecule has 3 heterocycles. The summed E-state index contributed by atoms with van der Waals surface area (Å²) in [5.41, 5.74) is 0.752. The summed E-state index contributed by atoms with van der Waals surface area (Å²) in [4.78, 5) is 31.9. The number of H-pyrrole nitrogens is 1. The van der Waals surface area contributed by atoms with Crippen LogP contribution in [0.5, 0.6) is 0 Å². The summed E-state index contributed by atoms with van der Waals surface area (Å²) in [6, 6.07) is 3.85. The van der Waals surface area contributed by atoms with Crippen LogP contribution >= 0.6 is 0 Å². The van der Waals surface area contributed by atoms with Crippen LogP contribution < -0.4 is 5.32 Å². The third kappa shape index (κ3) is 4.21. The van der Waals surface area contributed by atoms with Gasteiger partial charge in [-0.2, -0.15) is 5.10 Å². The lowest BCUT2D eigenvalue weighted by Crippen LogP contribution is -2.42. The average molecular weight is 415 g/mol. The number of nitrogens with zero attached hydrogens (tertiary/aromatic N) is 3. The van der Waals surface area contributed by atoms with Crippen LogP contribution in [0, 0.1) is 25.6 Å². The van der Waals surface area contributed by atoms with Gasteiger partial charge in [0.1, 0.15) is 11.6 Å². The molecular formula is C21H26FN5O3. The summed E-state index contributed by atoms with van der Waals surface area (Å²) in [5, 5.41) is 10.1. The molecule has 8 nitrogen and oxygen atoms in total. The molecule has 2 amide bonds. The second kappa shape index (κ2) is 8.51. The third-order valence-corrected chi connectivity index (χ3v) is 5.83. The van der Waals surface area contributed by atoms with Crippen molar-refractivity contribution < 1.29 is 18.7 Å². The number of nitrogens with one attached hydrogen (secondary N) is 2. The van der Waals surface area contributed by atoms with Crippen LogP contribution in [0.2, 0.25) is 0 Å². The topological polar surface area (TPSA) is 100 Å². The van der Waals surface area contributed by atoms with Crippen molar-refractivity contribution in [3.63, 3.8) is 0 Å². The summed E-state index contributed by atoms with van der Waals surface area (Å²) in [7, 11) is 0. The number of hydrogen-bond acceptors (Lipinski definition) is 5. The van der Waals surface area contributed by atoms with Gasteiger partial charge < -0.3 is 15.0 Å². The standard InChI is InChI=1S/C21H26FN5O3/c1-12-3-4-15(9-17(12)22)21(29)27-11-16(10-18(27)19-23-13(2)25-26-19)24-20(28)14-5-7-30-8-6-14/h3-4,9,14,16,18H,5-8,10-11H2,1-2H3,(H,24,28)(H,23,25,26). The highest BCUT2D eigenvalue weighted by molar-refractivity contribution is 5.95. The van der Waals surface area contributed by atoms with Crippen molar-refractivity contribution in [3.05, 3.63) is 46.8 Å². The van der Waals surface area contributed by atoms with Crippen molar-refractivity contribution in [1.29, 1.82) is 0 Å². The Morgan fingerprint density at radius 2 is 2.03 bits per heavy atom. The summed E-state index contributed by atoms with van der Waals surface area (Å²) < 4.78 is 19.4. The number of likely N-dealkylation sites (tertiary alicyclic amines) is 1. The Labute approximate surface area is 174 Å². The number of halogens is 1. The number of benzene rings is 1. The van der Waals surface area contributed by atoms with E-state index < -0.39 is 11.9 Å². The molecule has 2 aliphatic rings. The van der Waals surface area contributed by atoms with E-state index in [1.165, 1.54) is 6.07 Å². The SMILES string of the molecule is Cc1nc(C2CC(NC(=O)C3CCOCC3)CN2C(=O)c2ccc(C)c(F)c2)n[nH]1. The van der Waals surface area contributed by atoms with Crippen molar-refractivity contribution in [2.45, 2.75) is 45.2 Å². The molecule has 0 spiro atoms. The fourth-order valence-corrected chi connectivity index (χ4v) is 4.09. The molecule has 1 aromatic heterocycles. The largest absolute Gasteiger partial charge is 0.381 e. The van der Waals surface area contributed by atoms with Crippen molar-refractivity contribution in [1.82, 2.24) is 25.4 Å². The van der Waals surface area contributed by atoms with Gasteiger partial charge in [-0.25, -0.2) is 9.37 Å². The minimum atomic E-state index is -0.422. The number of ether oxygens (including phenoxy) is 1. The predicted molar refractivity (Wildman–Crippen MR) is 106 cm³/mol. The Bertz CT molecular complexity index is 940. The quantitative estimate of drug-likeness (QED) is 0.796. The molecule has 2 atom stereocenters. The Hall–Kier alpha value is -2.81. The molecule has 0 saturated carbocycles. The first kappa shape index (κ1) is 20.5. The van der Waals surface area contributed by atoms with Crippen molar-refractivity contribution in [2.75, 3.05) is 19.8 Å². The normalized spacial score (nSPS) is 22.3. The van der Waals surface area contributed by atoms with Gasteiger partial charge >= 0.3 is 0 Å². The molecule has 0 bridgehead atoms. The molecule has 2 unspecified atom stereocenters. The van der Waals surface area contributed by atoms with E-state index in [9.17, 15) is 14.0 Å².